The van der Waals surface area contributed by atoms with E-state index in [4.69, 9.17) is 12.5 Å². The molecule has 154 valence electrons. The van der Waals surface area contributed by atoms with E-state index in [9.17, 15) is 13.2 Å². The highest BCUT2D eigenvalue weighted by Crippen LogP contribution is 2.38. The van der Waals surface area contributed by atoms with Crippen LogP contribution in [0.25, 0.3) is 0 Å². The number of rotatable bonds is 5. The molecule has 0 N–H and O–H groups in total. The van der Waals surface area contributed by atoms with E-state index < -0.39 is 11.7 Å². The molecule has 1 saturated carbocycles. The Balaban J connectivity index is 1.66. The van der Waals surface area contributed by atoms with E-state index in [2.05, 4.69) is 11.8 Å². The molecule has 0 spiro atoms. The van der Waals surface area contributed by atoms with E-state index in [1.807, 2.05) is 0 Å². The Labute approximate surface area is 177 Å². The summed E-state index contributed by atoms with van der Waals surface area (Å²) in [5, 5.41) is 0. The number of alkyl halides is 3. The van der Waals surface area contributed by atoms with Crippen molar-refractivity contribution in [3.8, 4) is 11.8 Å². The van der Waals surface area contributed by atoms with Gasteiger partial charge in [-0.05, 0) is 43.9 Å². The Morgan fingerprint density at radius 3 is 2.46 bits per heavy atom. The summed E-state index contributed by atoms with van der Waals surface area (Å²) in [7, 11) is 1.70. The zero-order valence-electron chi connectivity index (χ0n) is 15.6. The van der Waals surface area contributed by atoms with E-state index in [1.165, 1.54) is 12.1 Å². The molecule has 1 aliphatic carbocycles. The van der Waals surface area contributed by atoms with Gasteiger partial charge in [-0.1, -0.05) is 11.8 Å². The van der Waals surface area contributed by atoms with E-state index in [0.29, 0.717) is 31.5 Å². The predicted octanol–water partition coefficient (Wildman–Crippen LogP) is 4.59. The van der Waals surface area contributed by atoms with Crippen molar-refractivity contribution in [2.45, 2.75) is 50.2 Å². The maximum atomic E-state index is 13.5. The Bertz CT molecular complexity index is 718. The third-order valence-electron chi connectivity index (χ3n) is 5.22. The van der Waals surface area contributed by atoms with Gasteiger partial charge in [0.15, 0.2) is 0 Å². The third-order valence-corrected chi connectivity index (χ3v) is 5.53. The summed E-state index contributed by atoms with van der Waals surface area (Å²) in [5.74, 6) is 5.63. The Morgan fingerprint density at radius 1 is 1.14 bits per heavy atom. The van der Waals surface area contributed by atoms with Crippen LogP contribution in [-0.4, -0.2) is 45.1 Å². The van der Waals surface area contributed by atoms with Crippen LogP contribution < -0.4 is 4.90 Å². The number of methoxy groups -OCH3 is 1. The first kappa shape index (κ1) is 21.7. The average Bonchev–Trinajstić information content (AvgIpc) is 2.64. The van der Waals surface area contributed by atoms with Gasteiger partial charge in [0.05, 0.1) is 29.6 Å². The monoisotopic (exact) mass is 509 g/mol. The van der Waals surface area contributed by atoms with Crippen molar-refractivity contribution in [2.24, 2.45) is 0 Å². The number of piperidine rings is 1. The van der Waals surface area contributed by atoms with Crippen molar-refractivity contribution in [2.75, 3.05) is 31.7 Å². The molecule has 8 heteroatoms. The van der Waals surface area contributed by atoms with Crippen molar-refractivity contribution >= 4 is 28.7 Å². The topological polar surface area (TPSA) is 30.9 Å². The fourth-order valence-corrected chi connectivity index (χ4v) is 3.76. The van der Waals surface area contributed by atoms with Gasteiger partial charge in [-0.2, -0.15) is 13.2 Å². The summed E-state index contributed by atoms with van der Waals surface area (Å²) >= 11 is 1.73. The van der Waals surface area contributed by atoms with Gasteiger partial charge in [-0.25, -0.2) is 0 Å². The van der Waals surface area contributed by atoms with E-state index in [0.717, 1.165) is 18.9 Å². The van der Waals surface area contributed by atoms with Gasteiger partial charge in [-0.3, -0.25) is 0 Å². The highest BCUT2D eigenvalue weighted by molar-refractivity contribution is 14.1. The second-order valence-electron chi connectivity index (χ2n) is 7.06. The molecule has 2 fully saturated rings. The first-order chi connectivity index (χ1) is 13.4. The number of halogens is 4. The van der Waals surface area contributed by atoms with Gasteiger partial charge < -0.3 is 17.4 Å². The van der Waals surface area contributed by atoms with Gasteiger partial charge in [0.1, 0.15) is 29.6 Å². The van der Waals surface area contributed by atoms with Crippen molar-refractivity contribution in [3.63, 3.8) is 0 Å². The highest BCUT2D eigenvalue weighted by Gasteiger charge is 2.37. The summed E-state index contributed by atoms with van der Waals surface area (Å²) in [4.78, 5) is 1.79. The molecule has 1 heterocycles. The summed E-state index contributed by atoms with van der Waals surface area (Å²) in [6.45, 7) is 1.29. The van der Waals surface area contributed by atoms with E-state index in [-0.39, 0.29) is 30.6 Å². The molecule has 0 unspecified atom stereocenters. The van der Waals surface area contributed by atoms with Crippen LogP contribution in [0.4, 0.5) is 18.9 Å². The fraction of sp³-hybridized carbons (Fsp3) is 0.600. The first-order valence-electron chi connectivity index (χ1n) is 9.27. The molecule has 2 aliphatic rings. The number of hydrogen-bond donors (Lipinski definition) is 0. The Hall–Kier alpha value is -1.02. The number of hydrogen-bond acceptors (Lipinski definition) is 4. The van der Waals surface area contributed by atoms with E-state index >= 15 is 0 Å². The Kier molecular flexibility index (Phi) is 7.48. The molecule has 0 amide bonds. The molecule has 28 heavy (non-hydrogen) atoms. The van der Waals surface area contributed by atoms with Gasteiger partial charge in [0.25, 0.3) is 0 Å². The zero-order chi connectivity index (χ0) is 20.1. The molecular formula is C20H23F3INO3. The normalized spacial score (nSPS) is 23.1. The van der Waals surface area contributed by atoms with E-state index in [1.54, 1.807) is 35.0 Å². The lowest BCUT2D eigenvalue weighted by molar-refractivity contribution is -0.137. The van der Waals surface area contributed by atoms with Crippen molar-refractivity contribution in [1.29, 1.82) is 0 Å². The molecular weight excluding hydrogens is 486 g/mol. The molecule has 1 aromatic carbocycles. The van der Waals surface area contributed by atoms with Crippen LogP contribution in [-0.2, 0) is 18.7 Å². The van der Waals surface area contributed by atoms with Crippen LogP contribution >= 0.6 is 23.0 Å². The van der Waals surface area contributed by atoms with Crippen molar-refractivity contribution in [1.82, 2.24) is 0 Å². The number of nitrogens with zero attached hydrogens (tertiary/aromatic N) is 1. The van der Waals surface area contributed by atoms with Crippen LogP contribution in [0.1, 0.15) is 36.8 Å². The lowest BCUT2D eigenvalue weighted by Crippen LogP contribution is -2.43. The quantitative estimate of drug-likeness (QED) is 0.430. The fourth-order valence-electron chi connectivity index (χ4n) is 3.60. The smallest absolute Gasteiger partial charge is 0.381 e. The number of ether oxygens (including phenoxy) is 2. The van der Waals surface area contributed by atoms with Crippen molar-refractivity contribution < 1.29 is 25.7 Å². The van der Waals surface area contributed by atoms with Crippen LogP contribution in [0, 0.1) is 11.8 Å². The highest BCUT2D eigenvalue weighted by atomic mass is 127. The number of anilines is 1. The maximum Gasteiger partial charge on any atom is 0.418 e. The minimum atomic E-state index is -4.40. The van der Waals surface area contributed by atoms with Crippen LogP contribution in [0.2, 0.25) is 0 Å². The number of benzene rings is 1. The van der Waals surface area contributed by atoms with Crippen molar-refractivity contribution in [3.05, 3.63) is 29.3 Å². The van der Waals surface area contributed by atoms with Gasteiger partial charge in [0.2, 0.25) is 0 Å². The van der Waals surface area contributed by atoms with Crippen LogP contribution in [0.3, 0.4) is 0 Å². The Morgan fingerprint density at radius 2 is 1.86 bits per heavy atom. The van der Waals surface area contributed by atoms with Crippen LogP contribution in [0.15, 0.2) is 18.2 Å². The second kappa shape index (κ2) is 9.65. The predicted molar refractivity (Wildman–Crippen MR) is 108 cm³/mol. The molecule has 1 aromatic rings. The maximum absolute atomic E-state index is 13.5. The summed E-state index contributed by atoms with van der Waals surface area (Å²) in [6, 6.07) is 4.05. The SMILES string of the molecule is COC1CC(OC2CCN(c3cc(C#CCOI)ccc3C(F)(F)F)CC2)C1. The summed E-state index contributed by atoms with van der Waals surface area (Å²) < 4.78 is 56.6. The largest absolute Gasteiger partial charge is 0.418 e. The standard InChI is InChI=1S/C20H23F3INO3/c1-26-16-12-17(13-16)28-15-6-8-25(9-7-15)19-11-14(3-2-10-27-24)4-5-18(19)20(21,22)23/h4-5,11,15-17H,6-10,12-13H2,1H3. The third kappa shape index (κ3) is 5.53. The minimum Gasteiger partial charge on any atom is -0.381 e. The zero-order valence-corrected chi connectivity index (χ0v) is 17.8. The molecule has 0 bridgehead atoms. The summed E-state index contributed by atoms with van der Waals surface area (Å²) in [5.41, 5.74) is 0.121. The lowest BCUT2D eigenvalue weighted by Gasteiger charge is -2.40. The lowest BCUT2D eigenvalue weighted by atomic mass is 9.91. The minimum absolute atomic E-state index is 0.0946. The molecule has 3 rings (SSSR count). The summed E-state index contributed by atoms with van der Waals surface area (Å²) in [6.07, 6.45) is -0.591. The average molecular weight is 509 g/mol. The van der Waals surface area contributed by atoms with Gasteiger partial charge in [-0.15, -0.1) is 0 Å². The molecule has 0 radical (unpaired) electrons. The molecule has 0 atom stereocenters. The second-order valence-corrected chi connectivity index (χ2v) is 7.68. The molecule has 1 aliphatic heterocycles. The molecule has 1 saturated heterocycles. The van der Waals surface area contributed by atoms with Crippen LogP contribution in [0.5, 0.6) is 0 Å². The van der Waals surface area contributed by atoms with Gasteiger partial charge in [0, 0.05) is 25.8 Å². The first-order valence-corrected chi connectivity index (χ1v) is 10.2. The molecule has 0 aromatic heterocycles. The molecule has 4 nitrogen and oxygen atoms in total. The van der Waals surface area contributed by atoms with Gasteiger partial charge >= 0.3 is 6.18 Å².